The average Bonchev–Trinajstić information content (AvgIpc) is 3.39. The third-order valence-electron chi connectivity index (χ3n) is 4.56. The summed E-state index contributed by atoms with van der Waals surface area (Å²) in [6.45, 7) is 2.23. The van der Waals surface area contributed by atoms with Crippen LogP contribution < -0.4 is 10.2 Å². The fraction of sp³-hybridized carbons (Fsp3) is 0.250. The maximum atomic E-state index is 13.6. The summed E-state index contributed by atoms with van der Waals surface area (Å²) in [7, 11) is 0. The van der Waals surface area contributed by atoms with Crippen LogP contribution in [0.4, 0.5) is 10.2 Å². The van der Waals surface area contributed by atoms with Gasteiger partial charge in [0.2, 0.25) is 0 Å². The topological polar surface area (TPSA) is 58.1 Å². The molecule has 1 saturated heterocycles. The van der Waals surface area contributed by atoms with E-state index in [1.165, 1.54) is 30.2 Å². The Labute approximate surface area is 160 Å². The Morgan fingerprint density at radius 2 is 2.00 bits per heavy atom. The smallest absolute Gasteiger partial charge is 0.271 e. The lowest BCUT2D eigenvalue weighted by atomic mass is 10.2. The first-order chi connectivity index (χ1) is 13.2. The number of pyridine rings is 1. The number of nitrogens with zero attached hydrogens (tertiary/aromatic N) is 3. The van der Waals surface area contributed by atoms with Gasteiger partial charge in [-0.15, -0.1) is 11.3 Å². The molecule has 1 aliphatic rings. The minimum Gasteiger partial charge on any atom is -0.357 e. The number of carbonyl (C=O) groups excluding carboxylic acids is 1. The molecule has 1 aliphatic heterocycles. The molecule has 0 unspecified atom stereocenters. The van der Waals surface area contributed by atoms with Crippen LogP contribution in [0.1, 0.15) is 28.9 Å². The van der Waals surface area contributed by atoms with Crippen LogP contribution >= 0.6 is 11.3 Å². The van der Waals surface area contributed by atoms with Crippen molar-refractivity contribution in [3.63, 3.8) is 0 Å². The Morgan fingerprint density at radius 1 is 1.19 bits per heavy atom. The van der Waals surface area contributed by atoms with Crippen molar-refractivity contribution in [3.8, 4) is 10.6 Å². The van der Waals surface area contributed by atoms with Gasteiger partial charge in [-0.05, 0) is 31.0 Å². The number of amides is 1. The minimum atomic E-state index is -0.332. The van der Waals surface area contributed by atoms with Crippen LogP contribution in [0.3, 0.4) is 0 Å². The van der Waals surface area contributed by atoms with E-state index < -0.39 is 0 Å². The Morgan fingerprint density at radius 3 is 2.74 bits per heavy atom. The van der Waals surface area contributed by atoms with E-state index >= 15 is 0 Å². The van der Waals surface area contributed by atoms with E-state index in [0.29, 0.717) is 11.3 Å². The lowest BCUT2D eigenvalue weighted by molar-refractivity contribution is 0.0946. The van der Waals surface area contributed by atoms with Crippen LogP contribution in [0, 0.1) is 5.82 Å². The molecule has 0 radical (unpaired) electrons. The molecule has 7 heteroatoms. The van der Waals surface area contributed by atoms with Gasteiger partial charge in [-0.25, -0.2) is 14.4 Å². The fourth-order valence-electron chi connectivity index (χ4n) is 3.06. The molecule has 1 N–H and O–H groups in total. The van der Waals surface area contributed by atoms with Gasteiger partial charge in [0, 0.05) is 42.3 Å². The zero-order chi connectivity index (χ0) is 18.6. The zero-order valence-electron chi connectivity index (χ0n) is 14.7. The first kappa shape index (κ1) is 17.6. The Balaban J connectivity index is 1.41. The molecule has 0 atom stereocenters. The van der Waals surface area contributed by atoms with Crippen molar-refractivity contribution in [1.29, 1.82) is 0 Å². The number of nitrogens with one attached hydrogen (secondary N) is 1. The van der Waals surface area contributed by atoms with E-state index in [4.69, 9.17) is 0 Å². The normalized spacial score (nSPS) is 13.7. The second-order valence-corrected chi connectivity index (χ2v) is 7.27. The number of carbonyl (C=O) groups is 1. The molecule has 0 spiro atoms. The average molecular weight is 382 g/mol. The molecule has 1 fully saturated rings. The van der Waals surface area contributed by atoms with E-state index in [9.17, 15) is 9.18 Å². The first-order valence-electron chi connectivity index (χ1n) is 8.89. The van der Waals surface area contributed by atoms with Gasteiger partial charge in [-0.3, -0.25) is 4.79 Å². The molecular weight excluding hydrogens is 363 g/mol. The van der Waals surface area contributed by atoms with Crippen molar-refractivity contribution in [2.45, 2.75) is 19.4 Å². The van der Waals surface area contributed by atoms with Gasteiger partial charge in [0.1, 0.15) is 22.3 Å². The van der Waals surface area contributed by atoms with E-state index in [-0.39, 0.29) is 18.3 Å². The third kappa shape index (κ3) is 3.98. The number of thiazole rings is 1. The maximum Gasteiger partial charge on any atom is 0.271 e. The molecule has 4 rings (SSSR count). The highest BCUT2D eigenvalue weighted by Gasteiger charge is 2.15. The Kier molecular flexibility index (Phi) is 5.11. The molecule has 0 bridgehead atoms. The zero-order valence-corrected chi connectivity index (χ0v) is 15.5. The van der Waals surface area contributed by atoms with Gasteiger partial charge in [0.15, 0.2) is 0 Å². The summed E-state index contributed by atoms with van der Waals surface area (Å²) in [5.74, 6) is 0.332. The monoisotopic (exact) mass is 382 g/mol. The fourth-order valence-corrected chi connectivity index (χ4v) is 3.86. The van der Waals surface area contributed by atoms with Gasteiger partial charge < -0.3 is 10.2 Å². The van der Waals surface area contributed by atoms with E-state index in [0.717, 1.165) is 29.5 Å². The SMILES string of the molecule is O=C(NCc1ccccc1F)c1csc(-c2ccc(N3CCCC3)nc2)n1. The molecule has 3 aromatic rings. The van der Waals surface area contributed by atoms with Crippen LogP contribution in [0.15, 0.2) is 48.0 Å². The molecule has 3 heterocycles. The summed E-state index contributed by atoms with van der Waals surface area (Å²) >= 11 is 1.39. The van der Waals surface area contributed by atoms with Gasteiger partial charge in [0.25, 0.3) is 5.91 Å². The lowest BCUT2D eigenvalue weighted by Gasteiger charge is -2.15. The van der Waals surface area contributed by atoms with E-state index in [2.05, 4.69) is 20.2 Å². The lowest BCUT2D eigenvalue weighted by Crippen LogP contribution is -2.23. The molecule has 0 saturated carbocycles. The molecule has 1 aromatic carbocycles. The highest BCUT2D eigenvalue weighted by atomic mass is 32.1. The third-order valence-corrected chi connectivity index (χ3v) is 5.45. The van der Waals surface area contributed by atoms with Crippen molar-refractivity contribution < 1.29 is 9.18 Å². The van der Waals surface area contributed by atoms with Crippen molar-refractivity contribution >= 4 is 23.1 Å². The Hall–Kier alpha value is -2.80. The summed E-state index contributed by atoms with van der Waals surface area (Å²) in [5.41, 5.74) is 1.66. The molecule has 5 nitrogen and oxygen atoms in total. The van der Waals surface area contributed by atoms with Crippen LogP contribution in [0.5, 0.6) is 0 Å². The maximum absolute atomic E-state index is 13.6. The van der Waals surface area contributed by atoms with Crippen LogP contribution in [0.25, 0.3) is 10.6 Å². The summed E-state index contributed by atoms with van der Waals surface area (Å²) in [4.78, 5) is 23.5. The predicted octanol–water partition coefficient (Wildman–Crippen LogP) is 3.87. The quantitative estimate of drug-likeness (QED) is 0.728. The van der Waals surface area contributed by atoms with E-state index in [1.807, 2.05) is 12.1 Å². The number of benzene rings is 1. The summed E-state index contributed by atoms with van der Waals surface area (Å²) in [6.07, 6.45) is 4.22. The van der Waals surface area contributed by atoms with Gasteiger partial charge in [-0.1, -0.05) is 18.2 Å². The summed E-state index contributed by atoms with van der Waals surface area (Å²) in [5, 5.41) is 5.16. The minimum absolute atomic E-state index is 0.129. The van der Waals surface area contributed by atoms with Crippen molar-refractivity contribution in [2.24, 2.45) is 0 Å². The highest BCUT2D eigenvalue weighted by Crippen LogP contribution is 2.25. The number of hydrogen-bond acceptors (Lipinski definition) is 5. The summed E-state index contributed by atoms with van der Waals surface area (Å²) in [6, 6.07) is 10.4. The van der Waals surface area contributed by atoms with Crippen LogP contribution in [0.2, 0.25) is 0 Å². The summed E-state index contributed by atoms with van der Waals surface area (Å²) < 4.78 is 13.6. The number of rotatable bonds is 5. The van der Waals surface area contributed by atoms with Crippen molar-refractivity contribution in [1.82, 2.24) is 15.3 Å². The Bertz CT molecular complexity index is 935. The molecule has 27 heavy (non-hydrogen) atoms. The predicted molar refractivity (Wildman–Crippen MR) is 104 cm³/mol. The number of halogens is 1. The second-order valence-electron chi connectivity index (χ2n) is 6.41. The number of hydrogen-bond donors (Lipinski definition) is 1. The van der Waals surface area contributed by atoms with Crippen LogP contribution in [-0.2, 0) is 6.54 Å². The molecule has 138 valence electrons. The second kappa shape index (κ2) is 7.84. The van der Waals surface area contributed by atoms with E-state index in [1.54, 1.807) is 29.8 Å². The van der Waals surface area contributed by atoms with Gasteiger partial charge in [0.05, 0.1) is 0 Å². The van der Waals surface area contributed by atoms with Crippen molar-refractivity contribution in [2.75, 3.05) is 18.0 Å². The van der Waals surface area contributed by atoms with Gasteiger partial charge in [-0.2, -0.15) is 0 Å². The molecular formula is C20H19FN4OS. The molecule has 1 amide bonds. The largest absolute Gasteiger partial charge is 0.357 e. The van der Waals surface area contributed by atoms with Crippen LogP contribution in [-0.4, -0.2) is 29.0 Å². The first-order valence-corrected chi connectivity index (χ1v) is 9.77. The van der Waals surface area contributed by atoms with Crippen molar-refractivity contribution in [3.05, 3.63) is 65.0 Å². The molecule has 0 aliphatic carbocycles. The molecule has 2 aromatic heterocycles. The number of aromatic nitrogens is 2. The van der Waals surface area contributed by atoms with Gasteiger partial charge >= 0.3 is 0 Å². The standard InChI is InChI=1S/C20H19FN4OS/c21-16-6-2-1-5-14(16)11-23-19(26)17-13-27-20(24-17)15-7-8-18(22-12-15)25-9-3-4-10-25/h1-2,5-8,12-13H,3-4,9-11H2,(H,23,26). The highest BCUT2D eigenvalue weighted by molar-refractivity contribution is 7.13. The number of anilines is 1.